The number of carboxylic acid groups (broad SMARTS) is 1. The highest BCUT2D eigenvalue weighted by atomic mass is 16.4. The molecule has 4 heteroatoms. The number of benzene rings is 1. The zero-order valence-electron chi connectivity index (χ0n) is 10.2. The molecule has 0 radical (unpaired) electrons. The lowest BCUT2D eigenvalue weighted by molar-refractivity contribution is 0.198. The van der Waals surface area contributed by atoms with E-state index in [0.29, 0.717) is 12.5 Å². The Bertz CT molecular complexity index is 418. The van der Waals surface area contributed by atoms with Crippen LogP contribution in [0.2, 0.25) is 0 Å². The largest absolute Gasteiger partial charge is 0.465 e. The third kappa shape index (κ3) is 2.35. The molecular formula is C13H18N2O2. The van der Waals surface area contributed by atoms with E-state index in [9.17, 15) is 9.90 Å². The first kappa shape index (κ1) is 11.8. The Hall–Kier alpha value is -1.71. The van der Waals surface area contributed by atoms with Gasteiger partial charge >= 0.3 is 6.09 Å². The van der Waals surface area contributed by atoms with Crippen molar-refractivity contribution in [3.63, 3.8) is 0 Å². The fraction of sp³-hybridized carbons (Fsp3) is 0.462. The van der Waals surface area contributed by atoms with E-state index in [4.69, 9.17) is 0 Å². The zero-order chi connectivity index (χ0) is 12.4. The van der Waals surface area contributed by atoms with Crippen LogP contribution in [-0.4, -0.2) is 23.8 Å². The van der Waals surface area contributed by atoms with E-state index in [-0.39, 0.29) is 6.04 Å². The Labute approximate surface area is 101 Å². The van der Waals surface area contributed by atoms with Gasteiger partial charge in [-0.25, -0.2) is 4.79 Å². The summed E-state index contributed by atoms with van der Waals surface area (Å²) in [7, 11) is 0. The SMILES string of the molecule is CC(C)CC1CNc2ccccc2N1C(=O)O. The maximum Gasteiger partial charge on any atom is 0.412 e. The van der Waals surface area contributed by atoms with Crippen LogP contribution in [0.1, 0.15) is 20.3 Å². The lowest BCUT2D eigenvalue weighted by Gasteiger charge is -2.36. The minimum absolute atomic E-state index is 0.0161. The molecule has 1 unspecified atom stereocenters. The molecule has 92 valence electrons. The molecule has 1 aliphatic rings. The molecule has 1 aliphatic heterocycles. The fourth-order valence-electron chi connectivity index (χ4n) is 2.34. The van der Waals surface area contributed by atoms with Gasteiger partial charge in [0.15, 0.2) is 0 Å². The Balaban J connectivity index is 2.32. The van der Waals surface area contributed by atoms with Crippen LogP contribution in [0, 0.1) is 5.92 Å². The predicted octanol–water partition coefficient (Wildman–Crippen LogP) is 3.01. The molecule has 0 aromatic heterocycles. The Morgan fingerprint density at radius 1 is 1.53 bits per heavy atom. The molecule has 0 saturated heterocycles. The highest BCUT2D eigenvalue weighted by Gasteiger charge is 2.30. The summed E-state index contributed by atoms with van der Waals surface area (Å²) >= 11 is 0. The second kappa shape index (κ2) is 4.65. The van der Waals surface area contributed by atoms with Gasteiger partial charge in [-0.2, -0.15) is 0 Å². The van der Waals surface area contributed by atoms with Crippen LogP contribution in [0.4, 0.5) is 16.2 Å². The summed E-state index contributed by atoms with van der Waals surface area (Å²) in [6.45, 7) is 4.91. The summed E-state index contributed by atoms with van der Waals surface area (Å²) in [4.78, 5) is 12.9. The Kier molecular flexibility index (Phi) is 3.22. The van der Waals surface area contributed by atoms with E-state index in [2.05, 4.69) is 19.2 Å². The topological polar surface area (TPSA) is 52.6 Å². The maximum absolute atomic E-state index is 11.4. The second-order valence-electron chi connectivity index (χ2n) is 4.83. The first-order valence-electron chi connectivity index (χ1n) is 5.94. The van der Waals surface area contributed by atoms with Gasteiger partial charge in [0.2, 0.25) is 0 Å². The van der Waals surface area contributed by atoms with E-state index in [1.807, 2.05) is 24.3 Å². The molecule has 2 N–H and O–H groups in total. The summed E-state index contributed by atoms with van der Waals surface area (Å²) in [5.41, 5.74) is 1.66. The number of hydrogen-bond donors (Lipinski definition) is 2. The number of para-hydroxylation sites is 2. The highest BCUT2D eigenvalue weighted by molar-refractivity contribution is 5.92. The number of amides is 1. The van der Waals surface area contributed by atoms with Crippen molar-refractivity contribution in [2.75, 3.05) is 16.8 Å². The van der Waals surface area contributed by atoms with Crippen LogP contribution in [0.25, 0.3) is 0 Å². The molecule has 0 fully saturated rings. The quantitative estimate of drug-likeness (QED) is 0.827. The highest BCUT2D eigenvalue weighted by Crippen LogP contribution is 2.32. The molecule has 0 spiro atoms. The third-order valence-electron chi connectivity index (χ3n) is 3.01. The number of rotatable bonds is 2. The van der Waals surface area contributed by atoms with E-state index in [1.165, 1.54) is 4.90 Å². The van der Waals surface area contributed by atoms with Gasteiger partial charge in [0.05, 0.1) is 17.4 Å². The van der Waals surface area contributed by atoms with Gasteiger partial charge in [-0.1, -0.05) is 26.0 Å². The fourth-order valence-corrected chi connectivity index (χ4v) is 2.34. The molecule has 0 saturated carbocycles. The van der Waals surface area contributed by atoms with Gasteiger partial charge in [-0.15, -0.1) is 0 Å². The molecule has 0 aliphatic carbocycles. The van der Waals surface area contributed by atoms with E-state index >= 15 is 0 Å². The minimum Gasteiger partial charge on any atom is -0.465 e. The molecule has 1 aromatic carbocycles. The molecule has 17 heavy (non-hydrogen) atoms. The van der Waals surface area contributed by atoms with Crippen molar-refractivity contribution in [2.24, 2.45) is 5.92 Å². The lowest BCUT2D eigenvalue weighted by atomic mass is 9.99. The monoisotopic (exact) mass is 234 g/mol. The average Bonchev–Trinajstić information content (AvgIpc) is 2.27. The lowest BCUT2D eigenvalue weighted by Crippen LogP contribution is -2.47. The van der Waals surface area contributed by atoms with Crippen molar-refractivity contribution < 1.29 is 9.90 Å². The van der Waals surface area contributed by atoms with Crippen molar-refractivity contribution in [2.45, 2.75) is 26.3 Å². The van der Waals surface area contributed by atoms with Crippen molar-refractivity contribution in [3.05, 3.63) is 24.3 Å². The summed E-state index contributed by atoms with van der Waals surface area (Å²) in [6.07, 6.45) is -0.00206. The van der Waals surface area contributed by atoms with Gasteiger partial charge in [0, 0.05) is 6.54 Å². The van der Waals surface area contributed by atoms with Crippen LogP contribution < -0.4 is 10.2 Å². The smallest absolute Gasteiger partial charge is 0.412 e. The van der Waals surface area contributed by atoms with E-state index in [1.54, 1.807) is 0 Å². The van der Waals surface area contributed by atoms with E-state index < -0.39 is 6.09 Å². The number of anilines is 2. The Morgan fingerprint density at radius 2 is 2.24 bits per heavy atom. The molecule has 4 nitrogen and oxygen atoms in total. The molecule has 1 amide bonds. The van der Waals surface area contributed by atoms with Gasteiger partial charge in [-0.05, 0) is 24.5 Å². The number of nitrogens with one attached hydrogen (secondary N) is 1. The normalized spacial score (nSPS) is 18.8. The summed E-state index contributed by atoms with van der Waals surface area (Å²) in [5, 5.41) is 12.7. The second-order valence-corrected chi connectivity index (χ2v) is 4.83. The van der Waals surface area contributed by atoms with Crippen LogP contribution in [0.5, 0.6) is 0 Å². The molecule has 1 atom stereocenters. The van der Waals surface area contributed by atoms with Gasteiger partial charge in [0.1, 0.15) is 0 Å². The molecule has 1 aromatic rings. The average molecular weight is 234 g/mol. The number of carbonyl (C=O) groups is 1. The Morgan fingerprint density at radius 3 is 2.88 bits per heavy atom. The zero-order valence-corrected chi connectivity index (χ0v) is 10.2. The van der Waals surface area contributed by atoms with Crippen LogP contribution in [-0.2, 0) is 0 Å². The van der Waals surface area contributed by atoms with E-state index in [0.717, 1.165) is 17.8 Å². The number of hydrogen-bond acceptors (Lipinski definition) is 2. The molecular weight excluding hydrogens is 216 g/mol. The maximum atomic E-state index is 11.4. The van der Waals surface area contributed by atoms with Crippen LogP contribution in [0.15, 0.2) is 24.3 Å². The molecule has 0 bridgehead atoms. The van der Waals surface area contributed by atoms with Gasteiger partial charge < -0.3 is 10.4 Å². The predicted molar refractivity (Wildman–Crippen MR) is 68.7 cm³/mol. The van der Waals surface area contributed by atoms with Crippen LogP contribution >= 0.6 is 0 Å². The van der Waals surface area contributed by atoms with Crippen molar-refractivity contribution in [1.29, 1.82) is 0 Å². The molecule has 2 rings (SSSR count). The number of nitrogens with zero attached hydrogens (tertiary/aromatic N) is 1. The minimum atomic E-state index is -0.871. The first-order valence-corrected chi connectivity index (χ1v) is 5.94. The first-order chi connectivity index (χ1) is 8.09. The molecule has 1 heterocycles. The number of fused-ring (bicyclic) bond motifs is 1. The van der Waals surface area contributed by atoms with Gasteiger partial charge in [0.25, 0.3) is 0 Å². The third-order valence-corrected chi connectivity index (χ3v) is 3.01. The van der Waals surface area contributed by atoms with Gasteiger partial charge in [-0.3, -0.25) is 4.90 Å². The van der Waals surface area contributed by atoms with Crippen molar-refractivity contribution in [1.82, 2.24) is 0 Å². The van der Waals surface area contributed by atoms with Crippen LogP contribution in [0.3, 0.4) is 0 Å². The van der Waals surface area contributed by atoms with Crippen molar-refractivity contribution in [3.8, 4) is 0 Å². The van der Waals surface area contributed by atoms with Crippen molar-refractivity contribution >= 4 is 17.5 Å². The summed E-state index contributed by atoms with van der Waals surface area (Å²) in [6, 6.07) is 7.56. The summed E-state index contributed by atoms with van der Waals surface area (Å²) in [5.74, 6) is 0.480. The summed E-state index contributed by atoms with van der Waals surface area (Å²) < 4.78 is 0. The standard InChI is InChI=1S/C13H18N2O2/c1-9(2)7-10-8-14-11-5-3-4-6-12(11)15(10)13(16)17/h3-6,9-10,14H,7-8H2,1-2H3,(H,16,17).